The molecule has 1 aromatic rings. The molecule has 2 rings (SSSR count). The number of thioether (sulfide) groups is 1. The molecule has 4 heteroatoms. The standard InChI is InChI=1S/C16H27N3S/c1-4-8-18-14-6-5-13(12(2)3)10-15(14)20-16-7-9-17-11-19-16/h7,9,11-15,18H,4-6,8,10H2,1-3H3. The lowest BCUT2D eigenvalue weighted by Gasteiger charge is -2.37. The largest absolute Gasteiger partial charge is 0.313 e. The van der Waals surface area contributed by atoms with Crippen LogP contribution in [-0.2, 0) is 0 Å². The predicted octanol–water partition coefficient (Wildman–Crippen LogP) is 3.76. The molecule has 1 N–H and O–H groups in total. The molecule has 112 valence electrons. The molecule has 1 fully saturated rings. The lowest BCUT2D eigenvalue weighted by Crippen LogP contribution is -2.43. The zero-order chi connectivity index (χ0) is 14.4. The fourth-order valence-electron chi connectivity index (χ4n) is 2.96. The topological polar surface area (TPSA) is 37.8 Å². The van der Waals surface area contributed by atoms with Gasteiger partial charge < -0.3 is 5.32 Å². The van der Waals surface area contributed by atoms with Gasteiger partial charge in [-0.2, -0.15) is 0 Å². The van der Waals surface area contributed by atoms with Crippen molar-refractivity contribution in [2.24, 2.45) is 11.8 Å². The van der Waals surface area contributed by atoms with E-state index in [2.05, 4.69) is 36.1 Å². The maximum atomic E-state index is 4.38. The summed E-state index contributed by atoms with van der Waals surface area (Å²) in [7, 11) is 0. The van der Waals surface area contributed by atoms with Crippen LogP contribution in [0, 0.1) is 11.8 Å². The van der Waals surface area contributed by atoms with Crippen molar-refractivity contribution in [1.29, 1.82) is 0 Å². The molecule has 0 aromatic carbocycles. The fraction of sp³-hybridized carbons (Fsp3) is 0.750. The summed E-state index contributed by atoms with van der Waals surface area (Å²) >= 11 is 1.93. The monoisotopic (exact) mass is 293 g/mol. The highest BCUT2D eigenvalue weighted by atomic mass is 32.2. The molecule has 1 heterocycles. The van der Waals surface area contributed by atoms with Crippen LogP contribution in [0.3, 0.4) is 0 Å². The second-order valence-corrected chi connectivity index (χ2v) is 7.34. The van der Waals surface area contributed by atoms with Gasteiger partial charge in [0.1, 0.15) is 6.33 Å². The molecule has 1 aliphatic carbocycles. The van der Waals surface area contributed by atoms with Gasteiger partial charge in [-0.15, -0.1) is 11.8 Å². The van der Waals surface area contributed by atoms with Gasteiger partial charge in [0.15, 0.2) is 0 Å². The first-order chi connectivity index (χ1) is 9.70. The average Bonchev–Trinajstić information content (AvgIpc) is 2.47. The summed E-state index contributed by atoms with van der Waals surface area (Å²) in [6.07, 6.45) is 8.65. The summed E-state index contributed by atoms with van der Waals surface area (Å²) in [5.41, 5.74) is 0. The molecule has 20 heavy (non-hydrogen) atoms. The van der Waals surface area contributed by atoms with Crippen LogP contribution in [-0.4, -0.2) is 27.8 Å². The Kier molecular flexibility index (Phi) is 6.30. The molecule has 3 unspecified atom stereocenters. The van der Waals surface area contributed by atoms with Crippen LogP contribution >= 0.6 is 11.8 Å². The molecule has 0 spiro atoms. The van der Waals surface area contributed by atoms with E-state index in [4.69, 9.17) is 0 Å². The Balaban J connectivity index is 2.01. The zero-order valence-corrected chi connectivity index (χ0v) is 13.7. The van der Waals surface area contributed by atoms with Gasteiger partial charge in [-0.05, 0) is 50.1 Å². The summed E-state index contributed by atoms with van der Waals surface area (Å²) in [5.74, 6) is 1.64. The van der Waals surface area contributed by atoms with E-state index in [1.54, 1.807) is 6.33 Å². The number of nitrogens with one attached hydrogen (secondary N) is 1. The number of rotatable bonds is 6. The highest BCUT2D eigenvalue weighted by molar-refractivity contribution is 7.99. The van der Waals surface area contributed by atoms with Crippen LogP contribution in [0.2, 0.25) is 0 Å². The zero-order valence-electron chi connectivity index (χ0n) is 12.9. The van der Waals surface area contributed by atoms with Crippen molar-refractivity contribution in [3.05, 3.63) is 18.6 Å². The van der Waals surface area contributed by atoms with Gasteiger partial charge in [-0.1, -0.05) is 20.8 Å². The summed E-state index contributed by atoms with van der Waals surface area (Å²) in [6, 6.07) is 2.66. The molecule has 1 aromatic heterocycles. The highest BCUT2D eigenvalue weighted by Gasteiger charge is 2.32. The first-order valence-corrected chi connectivity index (χ1v) is 8.74. The third-order valence-electron chi connectivity index (χ3n) is 4.26. The SMILES string of the molecule is CCCNC1CCC(C(C)C)CC1Sc1ccncn1. The second kappa shape index (κ2) is 7.99. The molecule has 0 radical (unpaired) electrons. The van der Waals surface area contributed by atoms with Gasteiger partial charge >= 0.3 is 0 Å². The van der Waals surface area contributed by atoms with Gasteiger partial charge in [-0.25, -0.2) is 9.97 Å². The Morgan fingerprint density at radius 1 is 1.40 bits per heavy atom. The summed E-state index contributed by atoms with van der Waals surface area (Å²) < 4.78 is 0. The van der Waals surface area contributed by atoms with E-state index < -0.39 is 0 Å². The van der Waals surface area contributed by atoms with E-state index in [0.717, 1.165) is 23.4 Å². The Hall–Kier alpha value is -0.610. The molecular formula is C16H27N3S. The van der Waals surface area contributed by atoms with E-state index in [-0.39, 0.29) is 0 Å². The van der Waals surface area contributed by atoms with Crippen molar-refractivity contribution in [3.63, 3.8) is 0 Å². The maximum absolute atomic E-state index is 4.38. The molecule has 0 aliphatic heterocycles. The molecule has 1 saturated carbocycles. The molecule has 0 saturated heterocycles. The first-order valence-electron chi connectivity index (χ1n) is 7.86. The highest BCUT2D eigenvalue weighted by Crippen LogP contribution is 2.38. The molecule has 1 aliphatic rings. The Labute approximate surface area is 127 Å². The quantitative estimate of drug-likeness (QED) is 0.810. The Morgan fingerprint density at radius 3 is 2.90 bits per heavy atom. The Bertz CT molecular complexity index is 383. The van der Waals surface area contributed by atoms with Crippen LogP contribution in [0.1, 0.15) is 46.5 Å². The average molecular weight is 293 g/mol. The van der Waals surface area contributed by atoms with E-state index in [1.807, 2.05) is 24.0 Å². The number of hydrogen-bond acceptors (Lipinski definition) is 4. The molecule has 3 nitrogen and oxygen atoms in total. The minimum atomic E-state index is 0.630. The van der Waals surface area contributed by atoms with Crippen LogP contribution in [0.4, 0.5) is 0 Å². The molecular weight excluding hydrogens is 266 g/mol. The van der Waals surface area contributed by atoms with Crippen molar-refractivity contribution in [3.8, 4) is 0 Å². The van der Waals surface area contributed by atoms with E-state index in [9.17, 15) is 0 Å². The van der Waals surface area contributed by atoms with Crippen molar-refractivity contribution in [2.45, 2.75) is 62.8 Å². The Morgan fingerprint density at radius 2 is 2.25 bits per heavy atom. The third kappa shape index (κ3) is 4.45. The van der Waals surface area contributed by atoms with Crippen LogP contribution in [0.25, 0.3) is 0 Å². The predicted molar refractivity (Wildman–Crippen MR) is 85.9 cm³/mol. The first kappa shape index (κ1) is 15.8. The van der Waals surface area contributed by atoms with Crippen molar-refractivity contribution in [1.82, 2.24) is 15.3 Å². The number of aromatic nitrogens is 2. The number of hydrogen-bond donors (Lipinski definition) is 1. The van der Waals surface area contributed by atoms with Crippen LogP contribution in [0.15, 0.2) is 23.6 Å². The smallest absolute Gasteiger partial charge is 0.116 e. The van der Waals surface area contributed by atoms with Gasteiger partial charge in [0, 0.05) is 17.5 Å². The fourth-order valence-corrected chi connectivity index (χ4v) is 4.26. The van der Waals surface area contributed by atoms with E-state index >= 15 is 0 Å². The third-order valence-corrected chi connectivity index (χ3v) is 5.57. The number of nitrogens with zero attached hydrogens (tertiary/aromatic N) is 2. The van der Waals surface area contributed by atoms with Crippen LogP contribution < -0.4 is 5.32 Å². The second-order valence-electron chi connectivity index (χ2n) is 6.08. The molecule has 3 atom stereocenters. The maximum Gasteiger partial charge on any atom is 0.116 e. The van der Waals surface area contributed by atoms with Crippen molar-refractivity contribution < 1.29 is 0 Å². The van der Waals surface area contributed by atoms with Crippen molar-refractivity contribution >= 4 is 11.8 Å². The van der Waals surface area contributed by atoms with Gasteiger partial charge in [-0.3, -0.25) is 0 Å². The normalized spacial score (nSPS) is 26.9. The molecule has 0 bridgehead atoms. The van der Waals surface area contributed by atoms with Gasteiger partial charge in [0.2, 0.25) is 0 Å². The lowest BCUT2D eigenvalue weighted by molar-refractivity contribution is 0.246. The van der Waals surface area contributed by atoms with Crippen LogP contribution in [0.5, 0.6) is 0 Å². The van der Waals surface area contributed by atoms with Crippen molar-refractivity contribution in [2.75, 3.05) is 6.54 Å². The lowest BCUT2D eigenvalue weighted by atomic mass is 9.79. The minimum Gasteiger partial charge on any atom is -0.313 e. The summed E-state index contributed by atoms with van der Waals surface area (Å²) in [5, 5.41) is 5.48. The molecule has 0 amide bonds. The van der Waals surface area contributed by atoms with E-state index in [1.165, 1.54) is 25.7 Å². The minimum absolute atomic E-state index is 0.630. The van der Waals surface area contributed by atoms with Gasteiger partial charge in [0.05, 0.1) is 5.03 Å². The van der Waals surface area contributed by atoms with Gasteiger partial charge in [0.25, 0.3) is 0 Å². The summed E-state index contributed by atoms with van der Waals surface area (Å²) in [6.45, 7) is 8.07. The summed E-state index contributed by atoms with van der Waals surface area (Å²) in [4.78, 5) is 8.39. The van der Waals surface area contributed by atoms with E-state index in [0.29, 0.717) is 11.3 Å².